The van der Waals surface area contributed by atoms with Crippen molar-refractivity contribution >= 4 is 29.3 Å². The Balaban J connectivity index is 1.45. The van der Waals surface area contributed by atoms with Crippen LogP contribution in [0, 0.1) is 11.6 Å². The number of benzene rings is 2. The molecule has 1 fully saturated rings. The Hall–Kier alpha value is -2.45. The van der Waals surface area contributed by atoms with Gasteiger partial charge in [-0.3, -0.25) is 4.79 Å². The number of rotatable bonds is 7. The fraction of sp³-hybridized carbons (Fsp3) is 0.318. The molecule has 0 radical (unpaired) electrons. The number of nitrogens with zero attached hydrogens (tertiary/aromatic N) is 3. The Kier molecular flexibility index (Phi) is 6.87. The maximum Gasteiger partial charge on any atom is 0.277 e. The highest BCUT2D eigenvalue weighted by Crippen LogP contribution is 2.29. The van der Waals surface area contributed by atoms with Gasteiger partial charge in [-0.15, -0.1) is 10.2 Å². The van der Waals surface area contributed by atoms with E-state index in [4.69, 9.17) is 16.0 Å². The first kappa shape index (κ1) is 21.8. The van der Waals surface area contributed by atoms with Crippen molar-refractivity contribution < 1.29 is 18.0 Å². The zero-order chi connectivity index (χ0) is 21.8. The smallest absolute Gasteiger partial charge is 0.277 e. The maximum absolute atomic E-state index is 14.2. The van der Waals surface area contributed by atoms with Crippen LogP contribution in [0.1, 0.15) is 31.2 Å². The molecule has 0 atom stereocenters. The van der Waals surface area contributed by atoms with Gasteiger partial charge in [0.2, 0.25) is 11.8 Å². The van der Waals surface area contributed by atoms with Gasteiger partial charge in [0.15, 0.2) is 0 Å². The topological polar surface area (TPSA) is 59.2 Å². The van der Waals surface area contributed by atoms with Crippen molar-refractivity contribution in [1.29, 1.82) is 0 Å². The quantitative estimate of drug-likeness (QED) is 0.419. The van der Waals surface area contributed by atoms with E-state index in [0.717, 1.165) is 43.0 Å². The standard InChI is InChI=1S/C22H20ClF2N3O2S/c23-15-10-8-14(9-11-15)21-26-27-22(30-21)31-13-20(29)28(16-4-1-2-5-16)12-17-18(24)6-3-7-19(17)25/h3,6-11,16H,1-2,4-5,12-13H2. The van der Waals surface area contributed by atoms with Crippen LogP contribution in [0.25, 0.3) is 11.5 Å². The summed E-state index contributed by atoms with van der Waals surface area (Å²) in [5.74, 6) is -1.14. The predicted molar refractivity (Wildman–Crippen MR) is 115 cm³/mol. The lowest BCUT2D eigenvalue weighted by molar-refractivity contribution is -0.131. The molecule has 1 aliphatic carbocycles. The van der Waals surface area contributed by atoms with Crippen LogP contribution in [-0.2, 0) is 11.3 Å². The van der Waals surface area contributed by atoms with Gasteiger partial charge in [-0.25, -0.2) is 8.78 Å². The highest BCUT2D eigenvalue weighted by atomic mass is 35.5. The molecule has 1 saturated carbocycles. The van der Waals surface area contributed by atoms with Crippen molar-refractivity contribution in [2.75, 3.05) is 5.75 Å². The largest absolute Gasteiger partial charge is 0.411 e. The summed E-state index contributed by atoms with van der Waals surface area (Å²) in [5.41, 5.74) is 0.633. The van der Waals surface area contributed by atoms with E-state index in [2.05, 4.69) is 10.2 Å². The van der Waals surface area contributed by atoms with E-state index < -0.39 is 11.6 Å². The van der Waals surface area contributed by atoms with Crippen LogP contribution in [0.4, 0.5) is 8.78 Å². The van der Waals surface area contributed by atoms with E-state index in [9.17, 15) is 13.6 Å². The fourth-order valence-electron chi connectivity index (χ4n) is 3.67. The van der Waals surface area contributed by atoms with Crippen molar-refractivity contribution in [2.45, 2.75) is 43.5 Å². The van der Waals surface area contributed by atoms with Gasteiger partial charge in [-0.05, 0) is 49.2 Å². The zero-order valence-corrected chi connectivity index (χ0v) is 18.1. The molecule has 0 unspecified atom stereocenters. The summed E-state index contributed by atoms with van der Waals surface area (Å²) in [7, 11) is 0. The predicted octanol–water partition coefficient (Wildman–Crippen LogP) is 5.73. The van der Waals surface area contributed by atoms with Gasteiger partial charge in [-0.1, -0.05) is 42.3 Å². The summed E-state index contributed by atoms with van der Waals surface area (Å²) >= 11 is 7.00. The summed E-state index contributed by atoms with van der Waals surface area (Å²) in [4.78, 5) is 14.6. The molecule has 3 aromatic rings. The summed E-state index contributed by atoms with van der Waals surface area (Å²) in [5, 5.41) is 8.83. The first-order valence-electron chi connectivity index (χ1n) is 9.96. The van der Waals surface area contributed by atoms with E-state index in [1.54, 1.807) is 29.2 Å². The van der Waals surface area contributed by atoms with Gasteiger partial charge in [0.05, 0.1) is 12.3 Å². The van der Waals surface area contributed by atoms with E-state index in [1.807, 2.05) is 0 Å². The maximum atomic E-state index is 14.2. The summed E-state index contributed by atoms with van der Waals surface area (Å²) in [6.45, 7) is -0.0948. The van der Waals surface area contributed by atoms with Gasteiger partial charge >= 0.3 is 0 Å². The molecule has 162 valence electrons. The van der Waals surface area contributed by atoms with Crippen LogP contribution in [0.15, 0.2) is 52.1 Å². The van der Waals surface area contributed by atoms with Gasteiger partial charge in [0.1, 0.15) is 11.6 Å². The molecule has 9 heteroatoms. The molecule has 0 spiro atoms. The SMILES string of the molecule is O=C(CSc1nnc(-c2ccc(Cl)cc2)o1)N(Cc1c(F)cccc1F)C1CCCC1. The van der Waals surface area contributed by atoms with E-state index in [-0.39, 0.29) is 35.0 Å². The molecule has 1 aromatic heterocycles. The average molecular weight is 464 g/mol. The third-order valence-corrected chi connectivity index (χ3v) is 6.35. The monoisotopic (exact) mass is 463 g/mol. The van der Waals surface area contributed by atoms with Gasteiger partial charge in [0, 0.05) is 22.2 Å². The minimum absolute atomic E-state index is 0.0283. The Morgan fingerprint density at radius 1 is 1.10 bits per heavy atom. The molecule has 5 nitrogen and oxygen atoms in total. The normalized spacial score (nSPS) is 14.2. The highest BCUT2D eigenvalue weighted by Gasteiger charge is 2.28. The second kappa shape index (κ2) is 9.78. The first-order chi connectivity index (χ1) is 15.0. The van der Waals surface area contributed by atoms with Crippen LogP contribution >= 0.6 is 23.4 Å². The summed E-state index contributed by atoms with van der Waals surface area (Å²) in [6, 6.07) is 10.7. The van der Waals surface area contributed by atoms with Crippen molar-refractivity contribution in [3.63, 3.8) is 0 Å². The molecule has 31 heavy (non-hydrogen) atoms. The number of amides is 1. The number of aromatic nitrogens is 2. The molecular formula is C22H20ClF2N3O2S. The highest BCUT2D eigenvalue weighted by molar-refractivity contribution is 7.99. The van der Waals surface area contributed by atoms with Crippen LogP contribution in [0.2, 0.25) is 5.02 Å². The Labute approximate surface area is 187 Å². The van der Waals surface area contributed by atoms with Crippen LogP contribution in [0.3, 0.4) is 0 Å². The first-order valence-corrected chi connectivity index (χ1v) is 11.3. The molecule has 1 amide bonds. The van der Waals surface area contributed by atoms with Crippen molar-refractivity contribution in [3.8, 4) is 11.5 Å². The van der Waals surface area contributed by atoms with E-state index in [0.29, 0.717) is 10.9 Å². The molecule has 0 bridgehead atoms. The van der Waals surface area contributed by atoms with Crippen LogP contribution < -0.4 is 0 Å². The van der Waals surface area contributed by atoms with Crippen molar-refractivity contribution in [3.05, 3.63) is 64.7 Å². The molecule has 0 aliphatic heterocycles. The molecule has 0 N–H and O–H groups in total. The third kappa shape index (κ3) is 5.25. The van der Waals surface area contributed by atoms with Crippen molar-refractivity contribution in [1.82, 2.24) is 15.1 Å². The minimum atomic E-state index is -0.645. The summed E-state index contributed by atoms with van der Waals surface area (Å²) in [6.07, 6.45) is 3.65. The molecule has 1 heterocycles. The Bertz CT molecular complexity index is 1030. The van der Waals surface area contributed by atoms with E-state index in [1.165, 1.54) is 18.2 Å². The molecule has 1 aliphatic rings. The number of carbonyl (C=O) groups is 1. The molecule has 0 saturated heterocycles. The van der Waals surface area contributed by atoms with Crippen LogP contribution in [0.5, 0.6) is 0 Å². The lowest BCUT2D eigenvalue weighted by Gasteiger charge is -2.29. The van der Waals surface area contributed by atoms with Crippen molar-refractivity contribution in [2.24, 2.45) is 0 Å². The number of carbonyl (C=O) groups excluding carboxylic acids is 1. The molecule has 4 rings (SSSR count). The minimum Gasteiger partial charge on any atom is -0.411 e. The number of thioether (sulfide) groups is 1. The second-order valence-corrected chi connectivity index (χ2v) is 8.69. The van der Waals surface area contributed by atoms with E-state index >= 15 is 0 Å². The average Bonchev–Trinajstić information content (AvgIpc) is 3.45. The zero-order valence-electron chi connectivity index (χ0n) is 16.6. The fourth-order valence-corrected chi connectivity index (χ4v) is 4.45. The molecular weight excluding hydrogens is 444 g/mol. The molecule has 2 aromatic carbocycles. The van der Waals surface area contributed by atoms with Gasteiger partial charge in [-0.2, -0.15) is 0 Å². The number of halogens is 3. The second-order valence-electron chi connectivity index (χ2n) is 7.33. The Morgan fingerprint density at radius 3 is 2.45 bits per heavy atom. The van der Waals surface area contributed by atoms with Gasteiger partial charge < -0.3 is 9.32 Å². The number of hydrogen-bond donors (Lipinski definition) is 0. The summed E-state index contributed by atoms with van der Waals surface area (Å²) < 4.78 is 34.0. The Morgan fingerprint density at radius 2 is 1.77 bits per heavy atom. The lowest BCUT2D eigenvalue weighted by Crippen LogP contribution is -2.39. The lowest BCUT2D eigenvalue weighted by atomic mass is 10.1. The third-order valence-electron chi connectivity index (χ3n) is 5.29. The van der Waals surface area contributed by atoms with Crippen LogP contribution in [-0.4, -0.2) is 32.8 Å². The van der Waals surface area contributed by atoms with Gasteiger partial charge in [0.25, 0.3) is 5.22 Å². The number of hydrogen-bond acceptors (Lipinski definition) is 5.